The molecule has 0 aromatic heterocycles. The van der Waals surface area contributed by atoms with E-state index in [2.05, 4.69) is 24.1 Å². The average Bonchev–Trinajstić information content (AvgIpc) is 3.39. The van der Waals surface area contributed by atoms with Crippen molar-refractivity contribution in [3.63, 3.8) is 0 Å². The Morgan fingerprint density at radius 1 is 1.19 bits per heavy atom. The normalized spacial score (nSPS) is 18.7. The van der Waals surface area contributed by atoms with Crippen LogP contribution < -0.4 is 5.32 Å². The first-order chi connectivity index (χ1) is 12.3. The number of nitrogens with one attached hydrogen (secondary N) is 1. The van der Waals surface area contributed by atoms with Gasteiger partial charge in [-0.05, 0) is 65.7 Å². The van der Waals surface area contributed by atoms with Gasteiger partial charge in [0.15, 0.2) is 5.96 Å². The quantitative estimate of drug-likeness (QED) is 0.343. The van der Waals surface area contributed by atoms with Gasteiger partial charge in [-0.1, -0.05) is 6.92 Å². The molecule has 0 bridgehead atoms. The largest absolute Gasteiger partial charge is 0.444 e. The third-order valence-electron chi connectivity index (χ3n) is 4.80. The monoisotopic (exact) mass is 494 g/mol. The van der Waals surface area contributed by atoms with E-state index in [1.165, 1.54) is 12.8 Å². The summed E-state index contributed by atoms with van der Waals surface area (Å²) in [5.41, 5.74) is -0.440. The van der Waals surface area contributed by atoms with Gasteiger partial charge in [-0.2, -0.15) is 0 Å². The molecule has 1 saturated heterocycles. The molecule has 0 unspecified atom stereocenters. The Balaban J connectivity index is 0.00000364. The average molecular weight is 494 g/mol. The Kier molecular flexibility index (Phi) is 10.2. The predicted molar refractivity (Wildman–Crippen MR) is 122 cm³/mol. The van der Waals surface area contributed by atoms with Crippen molar-refractivity contribution in [1.82, 2.24) is 15.1 Å². The van der Waals surface area contributed by atoms with Crippen LogP contribution in [0.5, 0.6) is 0 Å². The Bertz CT molecular complexity index is 481. The zero-order valence-corrected chi connectivity index (χ0v) is 20.1. The molecule has 7 heteroatoms. The lowest BCUT2D eigenvalue weighted by Gasteiger charge is -2.40. The molecule has 158 valence electrons. The maximum atomic E-state index is 12.7. The highest BCUT2D eigenvalue weighted by molar-refractivity contribution is 14.0. The molecule has 1 aliphatic carbocycles. The van der Waals surface area contributed by atoms with Crippen molar-refractivity contribution in [3.8, 4) is 0 Å². The Morgan fingerprint density at radius 3 is 2.30 bits per heavy atom. The molecule has 2 aliphatic rings. The number of hydrogen-bond acceptors (Lipinski definition) is 3. The lowest BCUT2D eigenvalue weighted by Crippen LogP contribution is -2.52. The molecule has 1 amide bonds. The van der Waals surface area contributed by atoms with E-state index in [1.54, 1.807) is 0 Å². The zero-order valence-electron chi connectivity index (χ0n) is 17.8. The fourth-order valence-corrected chi connectivity index (χ4v) is 3.30. The Morgan fingerprint density at radius 2 is 1.81 bits per heavy atom. The first-order valence-corrected chi connectivity index (χ1v) is 10.4. The smallest absolute Gasteiger partial charge is 0.410 e. The molecular weight excluding hydrogens is 455 g/mol. The topological polar surface area (TPSA) is 57.2 Å². The van der Waals surface area contributed by atoms with E-state index in [4.69, 9.17) is 9.73 Å². The number of halogens is 1. The minimum Gasteiger partial charge on any atom is -0.444 e. The summed E-state index contributed by atoms with van der Waals surface area (Å²) in [6.45, 7) is 14.5. The van der Waals surface area contributed by atoms with Gasteiger partial charge in [0.2, 0.25) is 0 Å². The minimum atomic E-state index is -0.440. The maximum absolute atomic E-state index is 12.7. The van der Waals surface area contributed by atoms with E-state index in [0.29, 0.717) is 5.92 Å². The number of amides is 1. The van der Waals surface area contributed by atoms with Crippen LogP contribution in [0.3, 0.4) is 0 Å². The number of ether oxygens (including phenoxy) is 1. The van der Waals surface area contributed by atoms with Gasteiger partial charge in [0, 0.05) is 38.8 Å². The van der Waals surface area contributed by atoms with Crippen molar-refractivity contribution in [2.75, 3.05) is 32.7 Å². The summed E-state index contributed by atoms with van der Waals surface area (Å²) in [7, 11) is 0. The molecule has 2 rings (SSSR count). The van der Waals surface area contributed by atoms with E-state index in [-0.39, 0.29) is 36.1 Å². The minimum absolute atomic E-state index is 0. The fraction of sp³-hybridized carbons (Fsp3) is 0.900. The van der Waals surface area contributed by atoms with Crippen molar-refractivity contribution < 1.29 is 9.53 Å². The van der Waals surface area contributed by atoms with Crippen LogP contribution in [-0.4, -0.2) is 66.2 Å². The van der Waals surface area contributed by atoms with Crippen LogP contribution in [0.25, 0.3) is 0 Å². The number of aliphatic imine (C=N–C) groups is 1. The van der Waals surface area contributed by atoms with Crippen molar-refractivity contribution in [2.45, 2.75) is 78.4 Å². The lowest BCUT2D eigenvalue weighted by atomic mass is 10.0. The van der Waals surface area contributed by atoms with Crippen molar-refractivity contribution in [3.05, 3.63) is 0 Å². The number of guanidine groups is 1. The van der Waals surface area contributed by atoms with E-state index in [9.17, 15) is 4.79 Å². The molecular formula is C20H39IN4O2. The van der Waals surface area contributed by atoms with E-state index in [1.807, 2.05) is 25.7 Å². The van der Waals surface area contributed by atoms with Gasteiger partial charge in [0.25, 0.3) is 0 Å². The number of nitrogens with zero attached hydrogens (tertiary/aromatic N) is 3. The summed E-state index contributed by atoms with van der Waals surface area (Å²) in [6.07, 6.45) is 5.34. The van der Waals surface area contributed by atoms with Gasteiger partial charge in [-0.25, -0.2) is 4.79 Å². The summed E-state index contributed by atoms with van der Waals surface area (Å²) in [4.78, 5) is 21.8. The van der Waals surface area contributed by atoms with Gasteiger partial charge >= 0.3 is 6.09 Å². The standard InChI is InChI=1S/C20H38N4O2.HI/c1-6-12-22-18(21-7-2)23-13-10-17(11-14-23)24(15-16-8-9-16)19(25)26-20(3,4)5;/h16-17H,6-15H2,1-5H3,(H,21,22);1H. The second kappa shape index (κ2) is 11.3. The molecule has 1 heterocycles. The molecule has 0 spiro atoms. The van der Waals surface area contributed by atoms with Gasteiger partial charge in [-0.3, -0.25) is 4.99 Å². The summed E-state index contributed by atoms with van der Waals surface area (Å²) in [5.74, 6) is 1.68. The number of rotatable bonds is 6. The van der Waals surface area contributed by atoms with Crippen molar-refractivity contribution in [1.29, 1.82) is 0 Å². The van der Waals surface area contributed by atoms with Crippen LogP contribution >= 0.6 is 24.0 Å². The number of carbonyl (C=O) groups excluding carboxylic acids is 1. The Labute approximate surface area is 182 Å². The number of carbonyl (C=O) groups is 1. The Hall–Kier alpha value is -0.730. The molecule has 1 saturated carbocycles. The van der Waals surface area contributed by atoms with Gasteiger partial charge < -0.3 is 19.9 Å². The van der Waals surface area contributed by atoms with Crippen LogP contribution in [0.4, 0.5) is 4.79 Å². The fourth-order valence-electron chi connectivity index (χ4n) is 3.30. The van der Waals surface area contributed by atoms with E-state index in [0.717, 1.165) is 57.9 Å². The van der Waals surface area contributed by atoms with Crippen LogP contribution in [-0.2, 0) is 4.74 Å². The molecule has 0 aromatic carbocycles. The second-order valence-electron chi connectivity index (χ2n) is 8.53. The molecule has 0 aromatic rings. The highest BCUT2D eigenvalue weighted by atomic mass is 127. The third-order valence-corrected chi connectivity index (χ3v) is 4.80. The molecule has 6 nitrogen and oxygen atoms in total. The van der Waals surface area contributed by atoms with Crippen LogP contribution in [0, 0.1) is 5.92 Å². The summed E-state index contributed by atoms with van der Waals surface area (Å²) < 4.78 is 5.69. The number of likely N-dealkylation sites (tertiary alicyclic amines) is 1. The first-order valence-electron chi connectivity index (χ1n) is 10.4. The van der Waals surface area contributed by atoms with Crippen LogP contribution in [0.2, 0.25) is 0 Å². The van der Waals surface area contributed by atoms with Gasteiger partial charge in [0.1, 0.15) is 5.60 Å². The van der Waals surface area contributed by atoms with Crippen molar-refractivity contribution in [2.24, 2.45) is 10.9 Å². The van der Waals surface area contributed by atoms with E-state index < -0.39 is 5.60 Å². The van der Waals surface area contributed by atoms with Crippen molar-refractivity contribution >= 4 is 36.0 Å². The number of piperidine rings is 1. The summed E-state index contributed by atoms with van der Waals surface area (Å²) >= 11 is 0. The summed E-state index contributed by atoms with van der Waals surface area (Å²) in [5, 5.41) is 3.40. The predicted octanol–water partition coefficient (Wildman–Crippen LogP) is 4.09. The van der Waals surface area contributed by atoms with Crippen LogP contribution in [0.15, 0.2) is 4.99 Å². The molecule has 27 heavy (non-hydrogen) atoms. The zero-order chi connectivity index (χ0) is 19.2. The lowest BCUT2D eigenvalue weighted by molar-refractivity contribution is 0.00928. The SMILES string of the molecule is CCCN=C(NCC)N1CCC(N(CC2CC2)C(=O)OC(C)(C)C)CC1.I. The highest BCUT2D eigenvalue weighted by Crippen LogP contribution is 2.32. The molecule has 2 fully saturated rings. The maximum Gasteiger partial charge on any atom is 0.410 e. The third kappa shape index (κ3) is 8.44. The van der Waals surface area contributed by atoms with Gasteiger partial charge in [0.05, 0.1) is 0 Å². The summed E-state index contributed by atoms with van der Waals surface area (Å²) in [6, 6.07) is 0.274. The molecule has 1 N–H and O–H groups in total. The molecule has 0 atom stereocenters. The van der Waals surface area contributed by atoms with Gasteiger partial charge in [-0.15, -0.1) is 24.0 Å². The highest BCUT2D eigenvalue weighted by Gasteiger charge is 2.35. The molecule has 1 aliphatic heterocycles. The van der Waals surface area contributed by atoms with E-state index >= 15 is 0 Å². The number of hydrogen-bond donors (Lipinski definition) is 1. The first kappa shape index (κ1) is 24.3. The second-order valence-corrected chi connectivity index (χ2v) is 8.53. The molecule has 0 radical (unpaired) electrons. The van der Waals surface area contributed by atoms with Crippen LogP contribution in [0.1, 0.15) is 66.7 Å².